The molecule has 0 radical (unpaired) electrons. The highest BCUT2D eigenvalue weighted by atomic mass is 14.4. The van der Waals surface area contributed by atoms with Crippen LogP contribution < -0.4 is 0 Å². The van der Waals surface area contributed by atoms with Crippen LogP contribution in [0.1, 0.15) is 60.3 Å². The molecule has 0 aliphatic heterocycles. The first-order chi connectivity index (χ1) is 6.50. The zero-order valence-electron chi connectivity index (χ0n) is 10.7. The Labute approximate surface area is 90.5 Å². The number of hydrogen-bond acceptors (Lipinski definition) is 0. The van der Waals surface area contributed by atoms with E-state index in [1.165, 1.54) is 25.7 Å². The molecule has 0 spiro atoms. The summed E-state index contributed by atoms with van der Waals surface area (Å²) in [5, 5.41) is 0. The van der Waals surface area contributed by atoms with Gasteiger partial charge in [0.2, 0.25) is 0 Å². The van der Waals surface area contributed by atoms with Gasteiger partial charge in [0.15, 0.2) is 0 Å². The Kier molecular flexibility index (Phi) is 4.47. The first-order valence-corrected chi connectivity index (χ1v) is 6.50. The van der Waals surface area contributed by atoms with Crippen molar-refractivity contribution in [1.29, 1.82) is 0 Å². The lowest BCUT2D eigenvalue weighted by molar-refractivity contribution is 0.125. The minimum Gasteiger partial charge on any atom is -0.0628 e. The summed E-state index contributed by atoms with van der Waals surface area (Å²) >= 11 is 0. The van der Waals surface area contributed by atoms with Crippen molar-refractivity contribution in [3.8, 4) is 0 Å². The van der Waals surface area contributed by atoms with Crippen LogP contribution in [0.25, 0.3) is 0 Å². The van der Waals surface area contributed by atoms with E-state index in [1.807, 2.05) is 0 Å². The van der Waals surface area contributed by atoms with Crippen molar-refractivity contribution in [2.24, 2.45) is 29.6 Å². The van der Waals surface area contributed by atoms with E-state index in [-0.39, 0.29) is 0 Å². The average molecular weight is 196 g/mol. The van der Waals surface area contributed by atoms with Crippen LogP contribution in [0, 0.1) is 29.6 Å². The molecule has 3 atom stereocenters. The minimum atomic E-state index is 0.881. The molecule has 1 rings (SSSR count). The van der Waals surface area contributed by atoms with Gasteiger partial charge in [-0.2, -0.15) is 0 Å². The zero-order chi connectivity index (χ0) is 10.7. The van der Waals surface area contributed by atoms with Crippen LogP contribution in [0.15, 0.2) is 0 Å². The predicted octanol–water partition coefficient (Wildman–Crippen LogP) is 4.74. The molecule has 0 aromatic carbocycles. The molecule has 1 aliphatic carbocycles. The van der Waals surface area contributed by atoms with Gasteiger partial charge in [-0.25, -0.2) is 0 Å². The SMILES string of the molecule is CC(C)C[C@H]1C[C@@H](C)CC[C@@H]1C(C)C. The van der Waals surface area contributed by atoms with Gasteiger partial charge in [0.1, 0.15) is 0 Å². The van der Waals surface area contributed by atoms with Gasteiger partial charge in [-0.15, -0.1) is 0 Å². The van der Waals surface area contributed by atoms with Crippen molar-refractivity contribution in [3.63, 3.8) is 0 Å². The molecular formula is C14H28. The smallest absolute Gasteiger partial charge is 0.0362 e. The van der Waals surface area contributed by atoms with Gasteiger partial charge in [0, 0.05) is 0 Å². The monoisotopic (exact) mass is 196 g/mol. The van der Waals surface area contributed by atoms with Gasteiger partial charge in [0.05, 0.1) is 0 Å². The van der Waals surface area contributed by atoms with Crippen molar-refractivity contribution in [1.82, 2.24) is 0 Å². The Morgan fingerprint density at radius 1 is 1.07 bits per heavy atom. The fourth-order valence-corrected chi connectivity index (χ4v) is 3.28. The second-order valence-electron chi connectivity index (χ2n) is 6.22. The Morgan fingerprint density at radius 3 is 2.21 bits per heavy atom. The van der Waals surface area contributed by atoms with Crippen molar-refractivity contribution in [2.75, 3.05) is 0 Å². The first-order valence-electron chi connectivity index (χ1n) is 6.50. The van der Waals surface area contributed by atoms with Gasteiger partial charge >= 0.3 is 0 Å². The van der Waals surface area contributed by atoms with Crippen molar-refractivity contribution >= 4 is 0 Å². The summed E-state index contributed by atoms with van der Waals surface area (Å²) in [6.07, 6.45) is 5.89. The fourth-order valence-electron chi connectivity index (χ4n) is 3.28. The fraction of sp³-hybridized carbons (Fsp3) is 1.00. The molecule has 1 aliphatic rings. The standard InChI is InChI=1S/C14H28/c1-10(2)8-13-9-12(5)6-7-14(13)11(3)4/h10-14H,6-9H2,1-5H3/t12-,13-,14+/m0/s1. The highest BCUT2D eigenvalue weighted by Gasteiger charge is 2.30. The Bertz CT molecular complexity index is 155. The summed E-state index contributed by atoms with van der Waals surface area (Å²) in [4.78, 5) is 0. The third-order valence-electron chi connectivity index (χ3n) is 3.93. The summed E-state index contributed by atoms with van der Waals surface area (Å²) < 4.78 is 0. The molecule has 14 heavy (non-hydrogen) atoms. The molecule has 84 valence electrons. The summed E-state index contributed by atoms with van der Waals surface area (Å²) in [5.41, 5.74) is 0. The van der Waals surface area contributed by atoms with E-state index in [9.17, 15) is 0 Å². The Hall–Kier alpha value is 0. The molecule has 0 heterocycles. The average Bonchev–Trinajstić information content (AvgIpc) is 2.01. The molecule has 0 aromatic heterocycles. The van der Waals surface area contributed by atoms with E-state index >= 15 is 0 Å². The molecule has 1 saturated carbocycles. The van der Waals surface area contributed by atoms with Crippen molar-refractivity contribution in [3.05, 3.63) is 0 Å². The van der Waals surface area contributed by atoms with Gasteiger partial charge in [-0.3, -0.25) is 0 Å². The van der Waals surface area contributed by atoms with Crippen LogP contribution in [-0.2, 0) is 0 Å². The summed E-state index contributed by atoms with van der Waals surface area (Å²) in [6.45, 7) is 12.0. The number of hydrogen-bond donors (Lipinski definition) is 0. The molecule has 0 aromatic rings. The van der Waals surface area contributed by atoms with Crippen molar-refractivity contribution < 1.29 is 0 Å². The molecule has 0 heteroatoms. The van der Waals surface area contributed by atoms with Crippen LogP contribution in [0.4, 0.5) is 0 Å². The molecule has 1 fully saturated rings. The summed E-state index contributed by atoms with van der Waals surface area (Å²) in [5.74, 6) is 4.78. The van der Waals surface area contributed by atoms with Crippen LogP contribution in [0.5, 0.6) is 0 Å². The van der Waals surface area contributed by atoms with Crippen molar-refractivity contribution in [2.45, 2.75) is 60.3 Å². The molecule has 0 amide bonds. The lowest BCUT2D eigenvalue weighted by Gasteiger charge is -2.38. The predicted molar refractivity (Wildman–Crippen MR) is 64.3 cm³/mol. The topological polar surface area (TPSA) is 0 Å². The van der Waals surface area contributed by atoms with E-state index in [1.54, 1.807) is 0 Å². The molecule has 0 unspecified atom stereocenters. The van der Waals surface area contributed by atoms with Gasteiger partial charge in [-0.1, -0.05) is 41.0 Å². The molecule has 0 bridgehead atoms. The summed E-state index contributed by atoms with van der Waals surface area (Å²) in [7, 11) is 0. The Balaban J connectivity index is 2.54. The van der Waals surface area contributed by atoms with E-state index < -0.39 is 0 Å². The highest BCUT2D eigenvalue weighted by molar-refractivity contribution is 4.81. The van der Waals surface area contributed by atoms with Gasteiger partial charge in [-0.05, 0) is 48.9 Å². The summed E-state index contributed by atoms with van der Waals surface area (Å²) in [6, 6.07) is 0. The van der Waals surface area contributed by atoms with E-state index in [0.717, 1.165) is 29.6 Å². The first kappa shape index (κ1) is 12.1. The van der Waals surface area contributed by atoms with Gasteiger partial charge in [0.25, 0.3) is 0 Å². The maximum atomic E-state index is 2.43. The zero-order valence-corrected chi connectivity index (χ0v) is 10.7. The van der Waals surface area contributed by atoms with E-state index in [2.05, 4.69) is 34.6 Å². The third-order valence-corrected chi connectivity index (χ3v) is 3.93. The normalized spacial score (nSPS) is 34.1. The largest absolute Gasteiger partial charge is 0.0628 e. The van der Waals surface area contributed by atoms with E-state index in [4.69, 9.17) is 0 Å². The minimum absolute atomic E-state index is 0.881. The van der Waals surface area contributed by atoms with Crippen LogP contribution in [-0.4, -0.2) is 0 Å². The maximum Gasteiger partial charge on any atom is -0.0362 e. The lowest BCUT2D eigenvalue weighted by Crippen LogP contribution is -2.28. The van der Waals surface area contributed by atoms with Crippen LogP contribution >= 0.6 is 0 Å². The third kappa shape index (κ3) is 3.29. The Morgan fingerprint density at radius 2 is 1.71 bits per heavy atom. The van der Waals surface area contributed by atoms with E-state index in [0.29, 0.717) is 0 Å². The lowest BCUT2D eigenvalue weighted by atomic mass is 9.68. The molecule has 0 N–H and O–H groups in total. The van der Waals surface area contributed by atoms with Gasteiger partial charge < -0.3 is 0 Å². The molecular weight excluding hydrogens is 168 g/mol. The quantitative estimate of drug-likeness (QED) is 0.611. The second kappa shape index (κ2) is 5.19. The van der Waals surface area contributed by atoms with Crippen LogP contribution in [0.3, 0.4) is 0 Å². The highest BCUT2D eigenvalue weighted by Crippen LogP contribution is 2.40. The maximum absolute atomic E-state index is 2.43. The second-order valence-corrected chi connectivity index (χ2v) is 6.22. The number of rotatable bonds is 3. The van der Waals surface area contributed by atoms with Crippen LogP contribution in [0.2, 0.25) is 0 Å². The molecule has 0 nitrogen and oxygen atoms in total. The molecule has 0 saturated heterocycles.